The van der Waals surface area contributed by atoms with Gasteiger partial charge >= 0.3 is 5.97 Å². The predicted molar refractivity (Wildman–Crippen MR) is 244 cm³/mol. The molecule has 0 aromatic carbocycles. The standard InChI is InChI=1S/C44H75N9O16/c1-4-5-6-7-8-9-10-11-12-13-14-15-16-21-35(58)51-36-37(59)43(65)45-23-22-31(47-42(36)64)39(61)50-33(26-54)40(62)46-30(19-17-24-52(68)28(2)56)38(60)49-34(27-55)41(63)48-32(44(66)67)20-18-25-53(69)29(3)57/h11-12,30-34,36-37,54-55,59,68-69H,4-10,13-27H2,1-3H3,(H,45,65)(H,46,62)(H,47,64)(H,48,63)(H,49,60)(H,50,61)(H,51,58)(H,66,67). The van der Waals surface area contributed by atoms with Crippen LogP contribution in [0.25, 0.3) is 0 Å². The van der Waals surface area contributed by atoms with Crippen LogP contribution in [0.5, 0.6) is 0 Å². The summed E-state index contributed by atoms with van der Waals surface area (Å²) in [5.74, 6) is -10.3. The van der Waals surface area contributed by atoms with Crippen LogP contribution >= 0.6 is 0 Å². The van der Waals surface area contributed by atoms with Crippen molar-refractivity contribution < 1.29 is 78.8 Å². The number of allylic oxidation sites excluding steroid dienone is 2. The van der Waals surface area contributed by atoms with E-state index in [0.29, 0.717) is 23.0 Å². The smallest absolute Gasteiger partial charge is 0.326 e. The van der Waals surface area contributed by atoms with Gasteiger partial charge in [0.2, 0.25) is 47.3 Å². The van der Waals surface area contributed by atoms with Gasteiger partial charge in [0.05, 0.1) is 13.2 Å². The zero-order valence-corrected chi connectivity index (χ0v) is 39.9. The third-order valence-corrected chi connectivity index (χ3v) is 11.0. The summed E-state index contributed by atoms with van der Waals surface area (Å²) in [5, 5.41) is 76.4. The first kappa shape index (κ1) is 61.3. The Balaban J connectivity index is 3.00. The second-order valence-corrected chi connectivity index (χ2v) is 16.8. The number of hydrogen-bond acceptors (Lipinski definition) is 15. The van der Waals surface area contributed by atoms with Crippen molar-refractivity contribution in [3.8, 4) is 0 Å². The molecule has 1 aliphatic rings. The molecule has 1 rings (SSSR count). The van der Waals surface area contributed by atoms with Crippen LogP contribution in [0.2, 0.25) is 0 Å². The number of amides is 9. The summed E-state index contributed by atoms with van der Waals surface area (Å²) in [7, 11) is 0. The Morgan fingerprint density at radius 2 is 1.14 bits per heavy atom. The van der Waals surface area contributed by atoms with E-state index in [1.54, 1.807) is 0 Å². The maximum Gasteiger partial charge on any atom is 0.326 e. The predicted octanol–water partition coefficient (Wildman–Crippen LogP) is -1.86. The van der Waals surface area contributed by atoms with Gasteiger partial charge in [0.1, 0.15) is 36.3 Å². The molecule has 1 aliphatic heterocycles. The molecule has 25 nitrogen and oxygen atoms in total. The average Bonchev–Trinajstić information content (AvgIpc) is 3.35. The van der Waals surface area contributed by atoms with E-state index < -0.39 is 115 Å². The van der Waals surface area contributed by atoms with Crippen LogP contribution in [-0.2, 0) is 47.9 Å². The molecule has 9 amide bonds. The topological polar surface area (TPSA) is 383 Å². The lowest BCUT2D eigenvalue weighted by Gasteiger charge is -2.26. The molecule has 1 fully saturated rings. The van der Waals surface area contributed by atoms with Crippen molar-refractivity contribution in [2.75, 3.05) is 32.8 Å². The van der Waals surface area contributed by atoms with Crippen LogP contribution in [0.1, 0.15) is 130 Å². The number of carboxylic acids is 1. The Labute approximate surface area is 401 Å². The van der Waals surface area contributed by atoms with E-state index >= 15 is 0 Å². The second-order valence-electron chi connectivity index (χ2n) is 16.8. The van der Waals surface area contributed by atoms with E-state index in [9.17, 15) is 78.8 Å². The number of unbranched alkanes of at least 4 members (excludes halogenated alkanes) is 9. The van der Waals surface area contributed by atoms with E-state index in [2.05, 4.69) is 56.3 Å². The molecule has 0 radical (unpaired) electrons. The number of aliphatic hydroxyl groups excluding tert-OH is 3. The summed E-state index contributed by atoms with van der Waals surface area (Å²) in [6.07, 6.45) is 12.2. The Morgan fingerprint density at radius 1 is 0.667 bits per heavy atom. The molecule has 0 spiro atoms. The zero-order valence-electron chi connectivity index (χ0n) is 39.9. The van der Waals surface area contributed by atoms with Gasteiger partial charge in [-0.25, -0.2) is 14.9 Å². The van der Waals surface area contributed by atoms with Gasteiger partial charge in [-0.15, -0.1) is 0 Å². The first-order valence-corrected chi connectivity index (χ1v) is 23.6. The highest BCUT2D eigenvalue weighted by Gasteiger charge is 2.38. The largest absolute Gasteiger partial charge is 0.480 e. The molecule has 0 aliphatic carbocycles. The summed E-state index contributed by atoms with van der Waals surface area (Å²) >= 11 is 0. The van der Waals surface area contributed by atoms with Crippen molar-refractivity contribution in [2.45, 2.75) is 172 Å². The Hall–Kier alpha value is -5.76. The molecule has 25 heteroatoms. The van der Waals surface area contributed by atoms with Crippen molar-refractivity contribution >= 4 is 59.1 Å². The van der Waals surface area contributed by atoms with E-state index in [1.807, 2.05) is 0 Å². The van der Waals surface area contributed by atoms with E-state index in [4.69, 9.17) is 0 Å². The lowest BCUT2D eigenvalue weighted by atomic mass is 10.1. The number of nitrogens with one attached hydrogen (secondary N) is 7. The molecule has 1 heterocycles. The number of carbonyl (C=O) groups excluding carboxylic acids is 9. The van der Waals surface area contributed by atoms with Crippen molar-refractivity contribution in [2.24, 2.45) is 0 Å². The maximum atomic E-state index is 13.5. The molecule has 7 unspecified atom stereocenters. The van der Waals surface area contributed by atoms with Gasteiger partial charge in [-0.3, -0.25) is 53.6 Å². The van der Waals surface area contributed by atoms with Gasteiger partial charge in [-0.2, -0.15) is 0 Å². The second kappa shape index (κ2) is 34.5. The SMILES string of the molecule is CCCCCCCCC=CCCCCCC(=O)NC1C(=O)NC(C(=O)NC(CO)C(=O)NC(CCCN(O)C(C)=O)C(=O)NC(CO)C(=O)NC(CCCN(O)C(C)=O)C(=O)O)CCNC(=O)C1O. The quantitative estimate of drug-likeness (QED) is 0.0148. The van der Waals surface area contributed by atoms with E-state index in [1.165, 1.54) is 32.1 Å². The lowest BCUT2D eigenvalue weighted by molar-refractivity contribution is -0.163. The number of aliphatic carboxylic acids is 1. The summed E-state index contributed by atoms with van der Waals surface area (Å²) in [6.45, 7) is 1.26. The van der Waals surface area contributed by atoms with Crippen LogP contribution in [0.4, 0.5) is 0 Å². The van der Waals surface area contributed by atoms with Gasteiger partial charge in [0, 0.05) is 39.9 Å². The van der Waals surface area contributed by atoms with Crippen LogP contribution in [-0.4, -0.2) is 175 Å². The summed E-state index contributed by atoms with van der Waals surface area (Å²) < 4.78 is 0. The van der Waals surface area contributed by atoms with Gasteiger partial charge in [-0.05, 0) is 64.2 Å². The molecule has 0 bridgehead atoms. The van der Waals surface area contributed by atoms with Crippen LogP contribution in [0.15, 0.2) is 12.2 Å². The van der Waals surface area contributed by atoms with Crippen molar-refractivity contribution in [3.05, 3.63) is 12.2 Å². The number of aliphatic hydroxyl groups is 3. The Kier molecular flexibility index (Phi) is 30.6. The van der Waals surface area contributed by atoms with Gasteiger partial charge in [-0.1, -0.05) is 57.6 Å². The molecule has 13 N–H and O–H groups in total. The van der Waals surface area contributed by atoms with Crippen molar-refractivity contribution in [3.63, 3.8) is 0 Å². The van der Waals surface area contributed by atoms with Crippen LogP contribution in [0.3, 0.4) is 0 Å². The summed E-state index contributed by atoms with van der Waals surface area (Å²) in [6, 6.07) is -10.2. The van der Waals surface area contributed by atoms with Crippen LogP contribution in [0, 0.1) is 0 Å². The number of carbonyl (C=O) groups is 10. The average molecular weight is 986 g/mol. The minimum atomic E-state index is -2.04. The van der Waals surface area contributed by atoms with Crippen molar-refractivity contribution in [1.29, 1.82) is 0 Å². The number of nitrogens with zero attached hydrogens (tertiary/aromatic N) is 2. The fraction of sp³-hybridized carbons (Fsp3) is 0.727. The molecular weight excluding hydrogens is 911 g/mol. The third kappa shape index (κ3) is 24.9. The minimum absolute atomic E-state index is 0.0148. The molecule has 7 atom stereocenters. The van der Waals surface area contributed by atoms with Gasteiger partial charge in [0.15, 0.2) is 6.10 Å². The lowest BCUT2D eigenvalue weighted by Crippen LogP contribution is -2.61. The van der Waals surface area contributed by atoms with E-state index in [-0.39, 0.29) is 58.2 Å². The highest BCUT2D eigenvalue weighted by atomic mass is 16.5. The number of rotatable bonds is 33. The Bertz CT molecular complexity index is 1720. The fourth-order valence-corrected chi connectivity index (χ4v) is 6.87. The molecular formula is C44H75N9O16. The summed E-state index contributed by atoms with van der Waals surface area (Å²) in [4.78, 5) is 127. The highest BCUT2D eigenvalue weighted by molar-refractivity contribution is 5.99. The molecule has 392 valence electrons. The fourth-order valence-electron chi connectivity index (χ4n) is 6.87. The zero-order chi connectivity index (χ0) is 51.9. The summed E-state index contributed by atoms with van der Waals surface area (Å²) in [5.41, 5.74) is 0. The molecule has 0 aromatic rings. The van der Waals surface area contributed by atoms with Gasteiger partial charge in [0.25, 0.3) is 5.91 Å². The molecule has 0 saturated carbocycles. The van der Waals surface area contributed by atoms with E-state index in [0.717, 1.165) is 39.5 Å². The number of carboxylic acid groups (broad SMARTS) is 1. The van der Waals surface area contributed by atoms with Crippen LogP contribution < -0.4 is 37.2 Å². The third-order valence-electron chi connectivity index (χ3n) is 11.0. The minimum Gasteiger partial charge on any atom is -0.480 e. The normalized spacial score (nSPS) is 17.8. The Morgan fingerprint density at radius 3 is 1.68 bits per heavy atom. The highest BCUT2D eigenvalue weighted by Crippen LogP contribution is 2.11. The van der Waals surface area contributed by atoms with Crippen molar-refractivity contribution in [1.82, 2.24) is 47.3 Å². The first-order valence-electron chi connectivity index (χ1n) is 23.6. The maximum absolute atomic E-state index is 13.5. The molecule has 69 heavy (non-hydrogen) atoms. The monoisotopic (exact) mass is 986 g/mol. The molecule has 1 saturated heterocycles. The number of hydroxylamine groups is 4. The number of hydrogen-bond donors (Lipinski definition) is 13. The van der Waals surface area contributed by atoms with Gasteiger partial charge < -0.3 is 57.6 Å². The molecule has 0 aromatic heterocycles. The first-order chi connectivity index (χ1) is 32.8.